The van der Waals surface area contributed by atoms with E-state index in [9.17, 15) is 22.8 Å². The lowest BCUT2D eigenvalue weighted by atomic mass is 9.94. The van der Waals surface area contributed by atoms with Gasteiger partial charge in [0.2, 0.25) is 5.91 Å². The Morgan fingerprint density at radius 1 is 1.24 bits per heavy atom. The first kappa shape index (κ1) is 19.2. The summed E-state index contributed by atoms with van der Waals surface area (Å²) in [6.07, 6.45) is -5.92. The van der Waals surface area contributed by atoms with Gasteiger partial charge in [-0.15, -0.1) is 0 Å². The molecule has 1 amide bonds. The molecule has 138 valence electrons. The van der Waals surface area contributed by atoms with Crippen LogP contribution < -0.4 is 5.32 Å². The van der Waals surface area contributed by atoms with Crippen LogP contribution in [0.25, 0.3) is 0 Å². The van der Waals surface area contributed by atoms with E-state index in [-0.39, 0.29) is 18.8 Å². The predicted molar refractivity (Wildman–Crippen MR) is 82.7 cm³/mol. The third kappa shape index (κ3) is 4.72. The molecule has 1 aliphatic heterocycles. The van der Waals surface area contributed by atoms with Gasteiger partial charge in [0.25, 0.3) is 0 Å². The first-order valence-corrected chi connectivity index (χ1v) is 7.95. The molecule has 3 atom stereocenters. The number of halogens is 3. The summed E-state index contributed by atoms with van der Waals surface area (Å²) in [5.41, 5.74) is -0.445. The standard InChI is InChI=1S/C17H20F3NO4/c1-9(2)14(10-4-3-5-11(8-10)17(18,19)20)21-15(22)12-6-7-13(25-12)16(23)24/h3-5,8-9,12-14H,6-7H2,1-2H3,(H,21,22)(H,23,24)/t12-,13+,14?/m0/s1. The Bertz CT molecular complexity index is 645. The van der Waals surface area contributed by atoms with Crippen molar-refractivity contribution in [2.45, 2.75) is 51.1 Å². The van der Waals surface area contributed by atoms with Gasteiger partial charge in [-0.2, -0.15) is 13.2 Å². The third-order valence-corrected chi connectivity index (χ3v) is 4.12. The summed E-state index contributed by atoms with van der Waals surface area (Å²) in [5.74, 6) is -1.81. The third-order valence-electron chi connectivity index (χ3n) is 4.12. The summed E-state index contributed by atoms with van der Waals surface area (Å²) in [5, 5.41) is 11.6. The van der Waals surface area contributed by atoms with Gasteiger partial charge in [-0.05, 0) is 36.5 Å². The molecule has 5 nitrogen and oxygen atoms in total. The topological polar surface area (TPSA) is 75.6 Å². The summed E-state index contributed by atoms with van der Waals surface area (Å²) in [6, 6.07) is 4.17. The molecule has 0 aliphatic carbocycles. The number of carbonyl (C=O) groups is 2. The molecule has 1 aliphatic rings. The van der Waals surface area contributed by atoms with Crippen molar-refractivity contribution >= 4 is 11.9 Å². The van der Waals surface area contributed by atoms with Crippen molar-refractivity contribution in [3.8, 4) is 0 Å². The summed E-state index contributed by atoms with van der Waals surface area (Å²) in [7, 11) is 0. The van der Waals surface area contributed by atoms with Crippen molar-refractivity contribution in [3.05, 3.63) is 35.4 Å². The molecule has 25 heavy (non-hydrogen) atoms. The molecule has 0 aromatic heterocycles. The smallest absolute Gasteiger partial charge is 0.416 e. The van der Waals surface area contributed by atoms with Gasteiger partial charge in [0.15, 0.2) is 6.10 Å². The summed E-state index contributed by atoms with van der Waals surface area (Å²) >= 11 is 0. The molecule has 0 spiro atoms. The van der Waals surface area contributed by atoms with Gasteiger partial charge in [-0.3, -0.25) is 4.79 Å². The van der Waals surface area contributed by atoms with Gasteiger partial charge in [-0.25, -0.2) is 4.79 Å². The van der Waals surface area contributed by atoms with Crippen LogP contribution in [0.5, 0.6) is 0 Å². The molecule has 8 heteroatoms. The monoisotopic (exact) mass is 359 g/mol. The lowest BCUT2D eigenvalue weighted by molar-refractivity contribution is -0.152. The zero-order valence-electron chi connectivity index (χ0n) is 13.8. The number of carbonyl (C=O) groups excluding carboxylic acids is 1. The van der Waals surface area contributed by atoms with Crippen molar-refractivity contribution in [2.24, 2.45) is 5.92 Å². The maximum atomic E-state index is 12.9. The molecule has 0 saturated carbocycles. The number of benzene rings is 1. The number of hydrogen-bond donors (Lipinski definition) is 2. The van der Waals surface area contributed by atoms with Gasteiger partial charge in [0.05, 0.1) is 11.6 Å². The number of ether oxygens (including phenoxy) is 1. The fourth-order valence-electron chi connectivity index (χ4n) is 2.80. The van der Waals surface area contributed by atoms with Crippen LogP contribution in [-0.2, 0) is 20.5 Å². The Morgan fingerprint density at radius 2 is 1.88 bits per heavy atom. The zero-order chi connectivity index (χ0) is 18.8. The predicted octanol–water partition coefficient (Wildman–Crippen LogP) is 3.15. The molecule has 1 saturated heterocycles. The molecule has 1 heterocycles. The van der Waals surface area contributed by atoms with E-state index in [0.717, 1.165) is 12.1 Å². The Kier molecular flexibility index (Phi) is 5.72. The van der Waals surface area contributed by atoms with E-state index in [1.807, 2.05) is 0 Å². The highest BCUT2D eigenvalue weighted by Crippen LogP contribution is 2.32. The van der Waals surface area contributed by atoms with E-state index in [0.29, 0.717) is 5.56 Å². The van der Waals surface area contributed by atoms with E-state index >= 15 is 0 Å². The maximum absolute atomic E-state index is 12.9. The van der Waals surface area contributed by atoms with E-state index in [1.54, 1.807) is 13.8 Å². The highest BCUT2D eigenvalue weighted by atomic mass is 19.4. The van der Waals surface area contributed by atoms with Crippen molar-refractivity contribution < 1.29 is 32.6 Å². The van der Waals surface area contributed by atoms with Crippen molar-refractivity contribution in [1.82, 2.24) is 5.32 Å². The Balaban J connectivity index is 2.14. The molecular formula is C17H20F3NO4. The fourth-order valence-corrected chi connectivity index (χ4v) is 2.80. The van der Waals surface area contributed by atoms with Gasteiger partial charge in [-0.1, -0.05) is 26.0 Å². The Labute approximate surface area is 143 Å². The first-order valence-electron chi connectivity index (χ1n) is 7.95. The number of alkyl halides is 3. The summed E-state index contributed by atoms with van der Waals surface area (Å²) < 4.78 is 43.9. The molecular weight excluding hydrogens is 339 g/mol. The molecule has 1 fully saturated rings. The van der Waals surface area contributed by atoms with Gasteiger partial charge in [0.1, 0.15) is 6.10 Å². The maximum Gasteiger partial charge on any atom is 0.416 e. The Morgan fingerprint density at radius 3 is 2.40 bits per heavy atom. The minimum absolute atomic E-state index is 0.163. The molecule has 1 aromatic carbocycles. The van der Waals surface area contributed by atoms with E-state index in [4.69, 9.17) is 9.84 Å². The van der Waals surface area contributed by atoms with Crippen molar-refractivity contribution in [2.75, 3.05) is 0 Å². The van der Waals surface area contributed by atoms with Crippen LogP contribution in [-0.4, -0.2) is 29.2 Å². The summed E-state index contributed by atoms with van der Waals surface area (Å²) in [4.78, 5) is 23.2. The average molecular weight is 359 g/mol. The number of aliphatic carboxylic acids is 1. The highest BCUT2D eigenvalue weighted by Gasteiger charge is 2.36. The number of nitrogens with one attached hydrogen (secondary N) is 1. The SMILES string of the molecule is CC(C)C(NC(=O)[C@@H]1CC[C@H](C(=O)O)O1)c1cccc(C(F)(F)F)c1. The molecule has 0 radical (unpaired) electrons. The fraction of sp³-hybridized carbons (Fsp3) is 0.529. The number of hydrogen-bond acceptors (Lipinski definition) is 3. The van der Waals surface area contributed by atoms with Crippen LogP contribution in [0.2, 0.25) is 0 Å². The van der Waals surface area contributed by atoms with Crippen LogP contribution >= 0.6 is 0 Å². The normalized spacial score (nSPS) is 22.0. The van der Waals surface area contributed by atoms with Gasteiger partial charge < -0.3 is 15.2 Å². The quantitative estimate of drug-likeness (QED) is 0.847. The van der Waals surface area contributed by atoms with Crippen LogP contribution in [0.4, 0.5) is 13.2 Å². The van der Waals surface area contributed by atoms with Crippen LogP contribution in [0.1, 0.15) is 43.9 Å². The Hall–Kier alpha value is -2.09. The van der Waals surface area contributed by atoms with E-state index in [1.165, 1.54) is 12.1 Å². The molecule has 0 bridgehead atoms. The van der Waals surface area contributed by atoms with E-state index in [2.05, 4.69) is 5.32 Å². The number of carboxylic acids is 1. The minimum atomic E-state index is -4.47. The largest absolute Gasteiger partial charge is 0.479 e. The summed E-state index contributed by atoms with van der Waals surface area (Å²) in [6.45, 7) is 3.56. The second-order valence-electron chi connectivity index (χ2n) is 6.38. The van der Waals surface area contributed by atoms with Gasteiger partial charge in [0, 0.05) is 0 Å². The van der Waals surface area contributed by atoms with Gasteiger partial charge >= 0.3 is 12.1 Å². The molecule has 2 rings (SSSR count). The highest BCUT2D eigenvalue weighted by molar-refractivity contribution is 5.83. The lowest BCUT2D eigenvalue weighted by Gasteiger charge is -2.25. The lowest BCUT2D eigenvalue weighted by Crippen LogP contribution is -2.39. The second-order valence-corrected chi connectivity index (χ2v) is 6.38. The van der Waals surface area contributed by atoms with Crippen molar-refractivity contribution in [3.63, 3.8) is 0 Å². The number of rotatable bonds is 5. The number of amides is 1. The average Bonchev–Trinajstić information content (AvgIpc) is 3.01. The first-order chi connectivity index (χ1) is 11.6. The van der Waals surface area contributed by atoms with Crippen LogP contribution in [0, 0.1) is 5.92 Å². The van der Waals surface area contributed by atoms with Crippen molar-refractivity contribution in [1.29, 1.82) is 0 Å². The molecule has 2 N–H and O–H groups in total. The second kappa shape index (κ2) is 7.43. The zero-order valence-corrected chi connectivity index (χ0v) is 13.8. The molecule has 1 unspecified atom stereocenters. The van der Waals surface area contributed by atoms with Crippen LogP contribution in [0.3, 0.4) is 0 Å². The minimum Gasteiger partial charge on any atom is -0.479 e. The number of carboxylic acid groups (broad SMARTS) is 1. The van der Waals surface area contributed by atoms with Crippen LogP contribution in [0.15, 0.2) is 24.3 Å². The molecule has 1 aromatic rings. The van der Waals surface area contributed by atoms with E-state index < -0.39 is 41.9 Å².